The first-order valence-electron chi connectivity index (χ1n) is 6.64. The van der Waals surface area contributed by atoms with Crippen LogP contribution in [0.1, 0.15) is 39.5 Å². The molecule has 0 aromatic rings. The average molecular weight is 228 g/mol. The SMILES string of the molecule is CCN(C(C)CN(C)C)[C@@H]1CCCC[C@H]1O. The molecule has 0 bridgehead atoms. The van der Waals surface area contributed by atoms with Crippen molar-refractivity contribution in [1.29, 1.82) is 0 Å². The van der Waals surface area contributed by atoms with E-state index in [2.05, 4.69) is 37.7 Å². The lowest BCUT2D eigenvalue weighted by atomic mass is 9.90. The zero-order valence-corrected chi connectivity index (χ0v) is 11.3. The van der Waals surface area contributed by atoms with Crippen molar-refractivity contribution >= 4 is 0 Å². The number of aliphatic hydroxyl groups is 1. The van der Waals surface area contributed by atoms with Crippen LogP contribution in [0, 0.1) is 0 Å². The van der Waals surface area contributed by atoms with Crippen molar-refractivity contribution in [3.63, 3.8) is 0 Å². The van der Waals surface area contributed by atoms with Gasteiger partial charge in [0.15, 0.2) is 0 Å². The second-order valence-corrected chi connectivity index (χ2v) is 5.36. The van der Waals surface area contributed by atoms with E-state index < -0.39 is 0 Å². The fraction of sp³-hybridized carbons (Fsp3) is 1.00. The number of aliphatic hydroxyl groups excluding tert-OH is 1. The molecule has 1 N–H and O–H groups in total. The highest BCUT2D eigenvalue weighted by Crippen LogP contribution is 2.24. The maximum Gasteiger partial charge on any atom is 0.0695 e. The molecule has 0 saturated heterocycles. The van der Waals surface area contributed by atoms with E-state index >= 15 is 0 Å². The topological polar surface area (TPSA) is 26.7 Å². The van der Waals surface area contributed by atoms with E-state index in [9.17, 15) is 5.11 Å². The third-order valence-corrected chi connectivity index (χ3v) is 3.68. The number of likely N-dealkylation sites (N-methyl/N-ethyl adjacent to an activating group) is 2. The molecule has 1 fully saturated rings. The molecule has 0 aromatic heterocycles. The van der Waals surface area contributed by atoms with Gasteiger partial charge in [-0.05, 0) is 40.4 Å². The number of rotatable bonds is 5. The molecule has 0 amide bonds. The summed E-state index contributed by atoms with van der Waals surface area (Å²) >= 11 is 0. The molecule has 0 heterocycles. The van der Waals surface area contributed by atoms with Gasteiger partial charge < -0.3 is 10.0 Å². The van der Waals surface area contributed by atoms with E-state index in [0.29, 0.717) is 12.1 Å². The van der Waals surface area contributed by atoms with E-state index in [1.165, 1.54) is 12.8 Å². The molecule has 3 atom stereocenters. The molecule has 0 radical (unpaired) electrons. The second kappa shape index (κ2) is 6.58. The van der Waals surface area contributed by atoms with Crippen molar-refractivity contribution in [3.05, 3.63) is 0 Å². The molecule has 3 nitrogen and oxygen atoms in total. The lowest BCUT2D eigenvalue weighted by molar-refractivity contribution is -0.000201. The van der Waals surface area contributed by atoms with Gasteiger partial charge in [-0.15, -0.1) is 0 Å². The highest BCUT2D eigenvalue weighted by Gasteiger charge is 2.30. The summed E-state index contributed by atoms with van der Waals surface area (Å²) in [6.07, 6.45) is 4.49. The van der Waals surface area contributed by atoms with Gasteiger partial charge in [0.2, 0.25) is 0 Å². The highest BCUT2D eigenvalue weighted by atomic mass is 16.3. The van der Waals surface area contributed by atoms with Crippen LogP contribution in [-0.4, -0.2) is 60.3 Å². The molecule has 1 unspecified atom stereocenters. The van der Waals surface area contributed by atoms with Crippen LogP contribution in [0.15, 0.2) is 0 Å². The smallest absolute Gasteiger partial charge is 0.0695 e. The lowest BCUT2D eigenvalue weighted by Gasteiger charge is -2.41. The zero-order chi connectivity index (χ0) is 12.1. The van der Waals surface area contributed by atoms with Crippen molar-refractivity contribution < 1.29 is 5.11 Å². The van der Waals surface area contributed by atoms with Crippen LogP contribution in [0.4, 0.5) is 0 Å². The summed E-state index contributed by atoms with van der Waals surface area (Å²) in [5.74, 6) is 0. The predicted octanol–water partition coefficient (Wildman–Crippen LogP) is 1.56. The molecule has 3 heteroatoms. The number of hydrogen-bond donors (Lipinski definition) is 1. The summed E-state index contributed by atoms with van der Waals surface area (Å²) in [5.41, 5.74) is 0. The van der Waals surface area contributed by atoms with Crippen LogP contribution in [0.5, 0.6) is 0 Å². The van der Waals surface area contributed by atoms with Crippen molar-refractivity contribution in [3.8, 4) is 0 Å². The molecule has 0 aliphatic heterocycles. The van der Waals surface area contributed by atoms with Gasteiger partial charge in [0, 0.05) is 18.6 Å². The van der Waals surface area contributed by atoms with Crippen LogP contribution < -0.4 is 0 Å². The predicted molar refractivity (Wildman–Crippen MR) is 68.7 cm³/mol. The first-order chi connectivity index (χ1) is 7.56. The van der Waals surface area contributed by atoms with Crippen LogP contribution >= 0.6 is 0 Å². The molecular formula is C13H28N2O. The Bertz CT molecular complexity index is 196. The van der Waals surface area contributed by atoms with Crippen molar-refractivity contribution in [2.45, 2.75) is 57.7 Å². The molecular weight excluding hydrogens is 200 g/mol. The maximum absolute atomic E-state index is 10.1. The Morgan fingerprint density at radius 3 is 2.38 bits per heavy atom. The Labute approximate surface area is 100 Å². The van der Waals surface area contributed by atoms with Gasteiger partial charge in [-0.2, -0.15) is 0 Å². The Morgan fingerprint density at radius 1 is 1.25 bits per heavy atom. The van der Waals surface area contributed by atoms with Gasteiger partial charge in [-0.25, -0.2) is 0 Å². The first kappa shape index (κ1) is 13.9. The zero-order valence-electron chi connectivity index (χ0n) is 11.3. The van der Waals surface area contributed by atoms with Gasteiger partial charge in [-0.3, -0.25) is 4.90 Å². The normalized spacial score (nSPS) is 28.7. The minimum Gasteiger partial charge on any atom is -0.391 e. The van der Waals surface area contributed by atoms with Gasteiger partial charge in [0.05, 0.1) is 6.10 Å². The third-order valence-electron chi connectivity index (χ3n) is 3.68. The Kier molecular flexibility index (Phi) is 5.73. The van der Waals surface area contributed by atoms with Crippen molar-refractivity contribution in [1.82, 2.24) is 9.80 Å². The van der Waals surface area contributed by atoms with E-state index in [1.54, 1.807) is 0 Å². The van der Waals surface area contributed by atoms with E-state index in [0.717, 1.165) is 25.9 Å². The fourth-order valence-corrected chi connectivity index (χ4v) is 2.98. The molecule has 1 saturated carbocycles. The molecule has 1 aliphatic rings. The monoisotopic (exact) mass is 228 g/mol. The van der Waals surface area contributed by atoms with Crippen LogP contribution in [0.2, 0.25) is 0 Å². The molecule has 0 aromatic carbocycles. The standard InChI is InChI=1S/C13H28N2O/c1-5-15(11(2)10-14(3)4)12-8-6-7-9-13(12)16/h11-13,16H,5-10H2,1-4H3/t11?,12-,13-/m1/s1. The van der Waals surface area contributed by atoms with E-state index in [1.807, 2.05) is 0 Å². The summed E-state index contributed by atoms with van der Waals surface area (Å²) in [5, 5.41) is 10.1. The summed E-state index contributed by atoms with van der Waals surface area (Å²) < 4.78 is 0. The molecule has 1 aliphatic carbocycles. The van der Waals surface area contributed by atoms with Crippen molar-refractivity contribution in [2.24, 2.45) is 0 Å². The quantitative estimate of drug-likeness (QED) is 0.773. The van der Waals surface area contributed by atoms with Gasteiger partial charge in [-0.1, -0.05) is 19.8 Å². The summed E-state index contributed by atoms with van der Waals surface area (Å²) in [6, 6.07) is 0.909. The highest BCUT2D eigenvalue weighted by molar-refractivity contribution is 4.85. The second-order valence-electron chi connectivity index (χ2n) is 5.36. The minimum absolute atomic E-state index is 0.113. The fourth-order valence-electron chi connectivity index (χ4n) is 2.98. The molecule has 0 spiro atoms. The van der Waals surface area contributed by atoms with Gasteiger partial charge in [0.25, 0.3) is 0 Å². The minimum atomic E-state index is -0.113. The van der Waals surface area contributed by atoms with Gasteiger partial charge >= 0.3 is 0 Å². The van der Waals surface area contributed by atoms with E-state index in [4.69, 9.17) is 0 Å². The Balaban J connectivity index is 2.57. The Morgan fingerprint density at radius 2 is 1.88 bits per heavy atom. The van der Waals surface area contributed by atoms with Crippen LogP contribution in [0.3, 0.4) is 0 Å². The molecule has 16 heavy (non-hydrogen) atoms. The molecule has 1 rings (SSSR count). The number of hydrogen-bond acceptors (Lipinski definition) is 3. The van der Waals surface area contributed by atoms with E-state index in [-0.39, 0.29) is 6.10 Å². The summed E-state index contributed by atoms with van der Waals surface area (Å²) in [7, 11) is 4.23. The number of nitrogens with zero attached hydrogens (tertiary/aromatic N) is 2. The van der Waals surface area contributed by atoms with Crippen LogP contribution in [-0.2, 0) is 0 Å². The largest absolute Gasteiger partial charge is 0.391 e. The first-order valence-corrected chi connectivity index (χ1v) is 6.64. The van der Waals surface area contributed by atoms with Crippen LogP contribution in [0.25, 0.3) is 0 Å². The average Bonchev–Trinajstić information content (AvgIpc) is 2.20. The van der Waals surface area contributed by atoms with Gasteiger partial charge in [0.1, 0.15) is 0 Å². The summed E-state index contributed by atoms with van der Waals surface area (Å²) in [4.78, 5) is 4.70. The lowest BCUT2D eigenvalue weighted by Crippen LogP contribution is -2.51. The Hall–Kier alpha value is -0.120. The molecule has 96 valence electrons. The third kappa shape index (κ3) is 3.72. The maximum atomic E-state index is 10.1. The summed E-state index contributed by atoms with van der Waals surface area (Å²) in [6.45, 7) is 6.58. The van der Waals surface area contributed by atoms with Crippen molar-refractivity contribution in [2.75, 3.05) is 27.2 Å².